The number of hydrogen-bond donors (Lipinski definition) is 1. The number of rotatable bonds is 8. The van der Waals surface area contributed by atoms with Crippen LogP contribution in [0.15, 0.2) is 42.2 Å². The third kappa shape index (κ3) is 6.72. The van der Waals surface area contributed by atoms with Crippen molar-refractivity contribution in [3.8, 4) is 0 Å². The number of aliphatic hydroxyl groups is 1. The molecule has 0 aromatic heterocycles. The van der Waals surface area contributed by atoms with Crippen LogP contribution in [0.5, 0.6) is 0 Å². The molecule has 4 atom stereocenters. The van der Waals surface area contributed by atoms with Gasteiger partial charge in [-0.1, -0.05) is 71.4 Å². The fourth-order valence-electron chi connectivity index (χ4n) is 4.35. The zero-order valence-corrected chi connectivity index (χ0v) is 19.2. The second-order valence-electron chi connectivity index (χ2n) is 8.55. The van der Waals surface area contributed by atoms with Crippen molar-refractivity contribution < 1.29 is 9.84 Å². The summed E-state index contributed by atoms with van der Waals surface area (Å²) >= 11 is 0. The summed E-state index contributed by atoms with van der Waals surface area (Å²) in [5.41, 5.74) is 3.54. The fraction of sp³-hybridized carbons (Fsp3) is 0.615. The summed E-state index contributed by atoms with van der Waals surface area (Å²) in [5.74, 6) is 1.66. The van der Waals surface area contributed by atoms with Gasteiger partial charge in [-0.3, -0.25) is 4.90 Å². The van der Waals surface area contributed by atoms with E-state index in [0.29, 0.717) is 17.6 Å². The van der Waals surface area contributed by atoms with Crippen molar-refractivity contribution >= 4 is 6.08 Å². The molecule has 1 saturated heterocycles. The van der Waals surface area contributed by atoms with Gasteiger partial charge in [-0.25, -0.2) is 0 Å². The van der Waals surface area contributed by atoms with Gasteiger partial charge in [-0.05, 0) is 67.5 Å². The van der Waals surface area contributed by atoms with E-state index in [4.69, 9.17) is 4.74 Å². The molecule has 3 heteroatoms. The number of nitrogens with zero attached hydrogens (tertiary/aromatic N) is 1. The number of ether oxygens (including phenoxy) is 1. The van der Waals surface area contributed by atoms with Crippen molar-refractivity contribution in [2.45, 2.75) is 79.1 Å². The monoisotopic (exact) mass is 399 g/mol. The molecule has 1 aromatic carbocycles. The molecule has 4 unspecified atom stereocenters. The molecule has 0 radical (unpaired) electrons. The van der Waals surface area contributed by atoms with Crippen molar-refractivity contribution in [3.63, 3.8) is 0 Å². The average Bonchev–Trinajstić information content (AvgIpc) is 2.71. The molecule has 0 saturated carbocycles. The van der Waals surface area contributed by atoms with Crippen molar-refractivity contribution in [1.29, 1.82) is 0 Å². The van der Waals surface area contributed by atoms with Gasteiger partial charge in [0.15, 0.2) is 0 Å². The molecular formula is C26H41NO2. The molecule has 0 bridgehead atoms. The van der Waals surface area contributed by atoms with E-state index in [0.717, 1.165) is 38.0 Å². The maximum atomic E-state index is 10.8. The Labute approximate surface area is 178 Å². The van der Waals surface area contributed by atoms with E-state index in [1.54, 1.807) is 0 Å². The molecule has 0 spiro atoms. The normalized spacial score (nSPS) is 25.6. The van der Waals surface area contributed by atoms with Crippen molar-refractivity contribution in [3.05, 3.63) is 53.3 Å². The quantitative estimate of drug-likeness (QED) is 0.541. The van der Waals surface area contributed by atoms with Crippen molar-refractivity contribution in [1.82, 2.24) is 4.90 Å². The van der Waals surface area contributed by atoms with Gasteiger partial charge in [-0.2, -0.15) is 0 Å². The number of aliphatic hydroxyl groups excluding tert-OH is 1. The van der Waals surface area contributed by atoms with Crippen LogP contribution in [-0.2, 0) is 11.3 Å². The molecule has 29 heavy (non-hydrogen) atoms. The summed E-state index contributed by atoms with van der Waals surface area (Å²) in [4.78, 5) is 2.40. The molecule has 1 aliphatic heterocycles. The molecule has 1 fully saturated rings. The van der Waals surface area contributed by atoms with E-state index in [1.807, 2.05) is 6.08 Å². The summed E-state index contributed by atoms with van der Waals surface area (Å²) in [6.07, 6.45) is 5.41. The van der Waals surface area contributed by atoms with Crippen LogP contribution < -0.4 is 0 Å². The van der Waals surface area contributed by atoms with E-state index in [9.17, 15) is 5.11 Å². The molecule has 3 nitrogen and oxygen atoms in total. The Hall–Kier alpha value is -1.58. The molecule has 2 rings (SSSR count). The highest BCUT2D eigenvalue weighted by atomic mass is 16.5. The summed E-state index contributed by atoms with van der Waals surface area (Å²) in [6.45, 7) is 18.4. The SMILES string of the molecule is C=C1C(C)OC(=Cc2ccc(CN(CC)CC)cc2)C(O)CCC1C(C)CCC. The first-order valence-electron chi connectivity index (χ1n) is 11.5. The minimum absolute atomic E-state index is 0.0811. The molecule has 1 aliphatic rings. The Morgan fingerprint density at radius 1 is 1.17 bits per heavy atom. The zero-order valence-electron chi connectivity index (χ0n) is 19.2. The predicted molar refractivity (Wildman–Crippen MR) is 124 cm³/mol. The Kier molecular flexibility index (Phi) is 9.45. The second-order valence-corrected chi connectivity index (χ2v) is 8.55. The third-order valence-electron chi connectivity index (χ3n) is 6.41. The predicted octanol–water partition coefficient (Wildman–Crippen LogP) is 6.04. The van der Waals surface area contributed by atoms with Crippen LogP contribution in [0.25, 0.3) is 6.08 Å². The van der Waals surface area contributed by atoms with Gasteiger partial charge in [0.25, 0.3) is 0 Å². The lowest BCUT2D eigenvalue weighted by Crippen LogP contribution is -2.29. The van der Waals surface area contributed by atoms with Crippen LogP contribution >= 0.6 is 0 Å². The summed E-state index contributed by atoms with van der Waals surface area (Å²) in [7, 11) is 0. The molecule has 0 amide bonds. The lowest BCUT2D eigenvalue weighted by atomic mass is 9.78. The van der Waals surface area contributed by atoms with Gasteiger partial charge in [0.05, 0.1) is 0 Å². The first kappa shape index (κ1) is 23.7. The van der Waals surface area contributed by atoms with Gasteiger partial charge < -0.3 is 9.84 Å². The molecule has 0 aliphatic carbocycles. The third-order valence-corrected chi connectivity index (χ3v) is 6.41. The van der Waals surface area contributed by atoms with Crippen LogP contribution in [0.4, 0.5) is 0 Å². The van der Waals surface area contributed by atoms with E-state index < -0.39 is 6.10 Å². The van der Waals surface area contributed by atoms with Crippen LogP contribution in [-0.4, -0.2) is 35.3 Å². The fourth-order valence-corrected chi connectivity index (χ4v) is 4.35. The molecular weight excluding hydrogens is 358 g/mol. The second kappa shape index (κ2) is 11.6. The maximum absolute atomic E-state index is 10.8. The first-order valence-corrected chi connectivity index (χ1v) is 11.5. The number of benzene rings is 1. The molecule has 1 heterocycles. The van der Waals surface area contributed by atoms with Crippen LogP contribution in [0.3, 0.4) is 0 Å². The Balaban J connectivity index is 2.12. The highest BCUT2D eigenvalue weighted by molar-refractivity contribution is 5.53. The highest BCUT2D eigenvalue weighted by Crippen LogP contribution is 2.35. The minimum Gasteiger partial charge on any atom is -0.488 e. The summed E-state index contributed by atoms with van der Waals surface area (Å²) in [5, 5.41) is 10.8. The molecule has 1 aromatic rings. The first-order chi connectivity index (χ1) is 13.9. The van der Waals surface area contributed by atoms with Crippen LogP contribution in [0.2, 0.25) is 0 Å². The Morgan fingerprint density at radius 3 is 2.41 bits per heavy atom. The van der Waals surface area contributed by atoms with Gasteiger partial charge in [-0.15, -0.1) is 0 Å². The highest BCUT2D eigenvalue weighted by Gasteiger charge is 2.29. The maximum Gasteiger partial charge on any atom is 0.126 e. The molecule has 162 valence electrons. The van der Waals surface area contributed by atoms with E-state index in [2.05, 4.69) is 70.4 Å². The Morgan fingerprint density at radius 2 is 1.83 bits per heavy atom. The van der Waals surface area contributed by atoms with Gasteiger partial charge >= 0.3 is 0 Å². The Bertz CT molecular complexity index is 660. The van der Waals surface area contributed by atoms with Crippen molar-refractivity contribution in [2.75, 3.05) is 13.1 Å². The van der Waals surface area contributed by atoms with E-state index in [1.165, 1.54) is 24.0 Å². The largest absolute Gasteiger partial charge is 0.488 e. The summed E-state index contributed by atoms with van der Waals surface area (Å²) in [6, 6.07) is 8.58. The van der Waals surface area contributed by atoms with E-state index in [-0.39, 0.29) is 6.10 Å². The molecule has 1 N–H and O–H groups in total. The van der Waals surface area contributed by atoms with Gasteiger partial charge in [0.2, 0.25) is 0 Å². The van der Waals surface area contributed by atoms with Gasteiger partial charge in [0, 0.05) is 6.54 Å². The van der Waals surface area contributed by atoms with E-state index >= 15 is 0 Å². The summed E-state index contributed by atoms with van der Waals surface area (Å²) < 4.78 is 6.21. The topological polar surface area (TPSA) is 32.7 Å². The lowest BCUT2D eigenvalue weighted by molar-refractivity contribution is 0.0503. The minimum atomic E-state index is -0.558. The van der Waals surface area contributed by atoms with Crippen molar-refractivity contribution in [2.24, 2.45) is 11.8 Å². The van der Waals surface area contributed by atoms with Gasteiger partial charge in [0.1, 0.15) is 18.0 Å². The smallest absolute Gasteiger partial charge is 0.126 e. The standard InChI is InChI=1S/C26H41NO2/c1-7-10-19(4)24-15-16-25(28)26(29-21(6)20(24)5)17-22-11-13-23(14-12-22)18-27(8-2)9-3/h11-14,17,19,21,24-25,28H,5,7-10,15-16,18H2,1-4,6H3. The number of hydrogen-bond acceptors (Lipinski definition) is 3. The average molecular weight is 400 g/mol. The van der Waals surface area contributed by atoms with Crippen LogP contribution in [0, 0.1) is 11.8 Å². The van der Waals surface area contributed by atoms with Crippen LogP contribution in [0.1, 0.15) is 71.4 Å². The zero-order chi connectivity index (χ0) is 21.4. The lowest BCUT2D eigenvalue weighted by Gasteiger charge is -2.34.